The van der Waals surface area contributed by atoms with Crippen LogP contribution in [-0.4, -0.2) is 5.11 Å². The van der Waals surface area contributed by atoms with Gasteiger partial charge in [-0.3, -0.25) is 0 Å². The van der Waals surface area contributed by atoms with E-state index in [1.165, 1.54) is 11.3 Å². The second kappa shape index (κ2) is 3.52. The van der Waals surface area contributed by atoms with Gasteiger partial charge in [-0.15, -0.1) is 12.6 Å². The molecule has 1 nitrogen and oxygen atoms in total. The van der Waals surface area contributed by atoms with Crippen LogP contribution in [0.3, 0.4) is 0 Å². The van der Waals surface area contributed by atoms with Gasteiger partial charge in [-0.25, -0.2) is 0 Å². The van der Waals surface area contributed by atoms with Crippen LogP contribution in [0.15, 0.2) is 23.1 Å². The fourth-order valence-electron chi connectivity index (χ4n) is 1.27. The second-order valence-corrected chi connectivity index (χ2v) is 4.77. The number of benzene rings is 1. The smallest absolute Gasteiger partial charge is 0.172 e. The number of alkyl halides is 1. The number of fused-ring (bicyclic) bond motifs is 1. The Morgan fingerprint density at radius 1 is 1.46 bits per heavy atom. The molecule has 0 atom stereocenters. The molecule has 1 heterocycles. The summed E-state index contributed by atoms with van der Waals surface area (Å²) in [4.78, 5) is 0.964. The van der Waals surface area contributed by atoms with E-state index in [1.54, 1.807) is 6.07 Å². The topological polar surface area (TPSA) is 20.2 Å². The largest absolute Gasteiger partial charge is 0.499 e. The summed E-state index contributed by atoms with van der Waals surface area (Å²) in [7, 11) is 0. The quantitative estimate of drug-likeness (QED) is 0.599. The summed E-state index contributed by atoms with van der Waals surface area (Å²) in [5, 5.41) is 11.5. The summed E-state index contributed by atoms with van der Waals surface area (Å²) < 4.78 is 1.11. The number of hydrogen-bond acceptors (Lipinski definition) is 3. The predicted molar refractivity (Wildman–Crippen MR) is 63.4 cm³/mol. The van der Waals surface area contributed by atoms with Gasteiger partial charge in [0.15, 0.2) is 5.06 Å². The van der Waals surface area contributed by atoms with Crippen LogP contribution in [-0.2, 0) is 5.33 Å². The first kappa shape index (κ1) is 9.37. The third-order valence-corrected chi connectivity index (χ3v) is 3.88. The Morgan fingerprint density at radius 2 is 2.23 bits per heavy atom. The van der Waals surface area contributed by atoms with Gasteiger partial charge in [0.05, 0.1) is 0 Å². The Bertz CT molecular complexity index is 450. The van der Waals surface area contributed by atoms with Crippen LogP contribution in [0.1, 0.15) is 5.56 Å². The average molecular weight is 275 g/mol. The van der Waals surface area contributed by atoms with Crippen molar-refractivity contribution in [2.75, 3.05) is 0 Å². The van der Waals surface area contributed by atoms with Gasteiger partial charge in [-0.1, -0.05) is 33.3 Å². The fraction of sp³-hybridized carbons (Fsp3) is 0.111. The van der Waals surface area contributed by atoms with E-state index in [1.807, 2.05) is 12.1 Å². The van der Waals surface area contributed by atoms with E-state index < -0.39 is 0 Å². The van der Waals surface area contributed by atoms with E-state index in [4.69, 9.17) is 0 Å². The maximum absolute atomic E-state index is 9.35. The highest BCUT2D eigenvalue weighted by molar-refractivity contribution is 9.08. The molecule has 0 bridgehead atoms. The molecule has 68 valence electrons. The van der Waals surface area contributed by atoms with Crippen molar-refractivity contribution in [3.8, 4) is 5.06 Å². The minimum absolute atomic E-state index is 0.358. The van der Waals surface area contributed by atoms with Crippen LogP contribution in [0.25, 0.3) is 10.1 Å². The lowest BCUT2D eigenvalue weighted by Crippen LogP contribution is -1.79. The van der Waals surface area contributed by atoms with Crippen LogP contribution in [0.4, 0.5) is 0 Å². The lowest BCUT2D eigenvalue weighted by molar-refractivity contribution is 0.491. The summed E-state index contributed by atoms with van der Waals surface area (Å²) in [5.41, 5.74) is 1.14. The number of rotatable bonds is 1. The van der Waals surface area contributed by atoms with Crippen molar-refractivity contribution in [3.05, 3.63) is 23.8 Å². The van der Waals surface area contributed by atoms with Gasteiger partial charge in [-0.05, 0) is 23.1 Å². The summed E-state index contributed by atoms with van der Waals surface area (Å²) in [5.74, 6) is 0. The van der Waals surface area contributed by atoms with Gasteiger partial charge in [0, 0.05) is 14.9 Å². The molecule has 0 aliphatic rings. The maximum Gasteiger partial charge on any atom is 0.172 e. The highest BCUT2D eigenvalue weighted by atomic mass is 79.9. The van der Waals surface area contributed by atoms with Gasteiger partial charge in [0.25, 0.3) is 0 Å². The Balaban J connectivity index is 2.82. The van der Waals surface area contributed by atoms with Crippen molar-refractivity contribution in [1.82, 2.24) is 0 Å². The van der Waals surface area contributed by atoms with Gasteiger partial charge >= 0.3 is 0 Å². The number of aromatic hydroxyl groups is 1. The van der Waals surface area contributed by atoms with Crippen molar-refractivity contribution in [2.45, 2.75) is 10.2 Å². The first-order valence-electron chi connectivity index (χ1n) is 3.71. The second-order valence-electron chi connectivity index (χ2n) is 2.70. The van der Waals surface area contributed by atoms with Crippen molar-refractivity contribution >= 4 is 50.0 Å². The molecule has 0 spiro atoms. The maximum atomic E-state index is 9.35. The van der Waals surface area contributed by atoms with E-state index >= 15 is 0 Å². The Morgan fingerprint density at radius 3 is 2.92 bits per heavy atom. The summed E-state index contributed by atoms with van der Waals surface area (Å²) in [6.07, 6.45) is 0. The standard InChI is InChI=1S/C9H7BrOS2/c10-4-6-7(12)2-1-5-3-8(11)13-9(5)6/h1-3,11-12H,4H2. The lowest BCUT2D eigenvalue weighted by Gasteiger charge is -2.01. The molecule has 1 aromatic carbocycles. The molecule has 2 aromatic rings. The molecule has 0 aliphatic heterocycles. The zero-order valence-corrected chi connectivity index (χ0v) is 9.92. The molecule has 4 heteroatoms. The number of hydrogen-bond donors (Lipinski definition) is 2. The van der Waals surface area contributed by atoms with Crippen molar-refractivity contribution < 1.29 is 5.11 Å². The Labute approximate surface area is 93.9 Å². The summed E-state index contributed by atoms with van der Waals surface area (Å²) in [6.45, 7) is 0. The minimum atomic E-state index is 0.358. The number of thiol groups is 1. The van der Waals surface area contributed by atoms with Gasteiger partial charge < -0.3 is 5.11 Å². The normalized spacial score (nSPS) is 10.9. The molecule has 0 saturated carbocycles. The van der Waals surface area contributed by atoms with Crippen molar-refractivity contribution in [2.24, 2.45) is 0 Å². The van der Waals surface area contributed by atoms with E-state index in [2.05, 4.69) is 28.6 Å². The predicted octanol–water partition coefficient (Wildman–Crippen LogP) is 3.79. The third kappa shape index (κ3) is 1.58. The highest BCUT2D eigenvalue weighted by Gasteiger charge is 2.07. The van der Waals surface area contributed by atoms with Gasteiger partial charge in [-0.2, -0.15) is 0 Å². The summed E-state index contributed by atoms with van der Waals surface area (Å²) in [6, 6.07) is 5.70. The monoisotopic (exact) mass is 274 g/mol. The average Bonchev–Trinajstić information content (AvgIpc) is 2.45. The minimum Gasteiger partial charge on any atom is -0.499 e. The van der Waals surface area contributed by atoms with Gasteiger partial charge in [0.2, 0.25) is 0 Å². The lowest BCUT2D eigenvalue weighted by atomic mass is 10.2. The molecule has 0 aliphatic carbocycles. The molecule has 2 rings (SSSR count). The number of halogens is 1. The van der Waals surface area contributed by atoms with E-state index in [9.17, 15) is 5.11 Å². The van der Waals surface area contributed by atoms with Crippen LogP contribution < -0.4 is 0 Å². The van der Waals surface area contributed by atoms with Crippen LogP contribution in [0.2, 0.25) is 0 Å². The van der Waals surface area contributed by atoms with E-state index in [0.29, 0.717) is 5.06 Å². The molecule has 1 N–H and O–H groups in total. The van der Waals surface area contributed by atoms with Crippen LogP contribution >= 0.6 is 39.9 Å². The highest BCUT2D eigenvalue weighted by Crippen LogP contribution is 2.36. The van der Waals surface area contributed by atoms with Crippen LogP contribution in [0, 0.1) is 0 Å². The van der Waals surface area contributed by atoms with Crippen molar-refractivity contribution in [3.63, 3.8) is 0 Å². The molecular weight excluding hydrogens is 268 g/mol. The first-order valence-corrected chi connectivity index (χ1v) is 6.10. The molecule has 13 heavy (non-hydrogen) atoms. The molecular formula is C9H7BrOS2. The number of thiophene rings is 1. The van der Waals surface area contributed by atoms with Gasteiger partial charge in [0.1, 0.15) is 0 Å². The molecule has 0 amide bonds. The molecule has 1 aromatic heterocycles. The third-order valence-electron chi connectivity index (χ3n) is 1.89. The van der Waals surface area contributed by atoms with Crippen LogP contribution in [0.5, 0.6) is 5.06 Å². The van der Waals surface area contributed by atoms with Crippen molar-refractivity contribution in [1.29, 1.82) is 0 Å². The van der Waals surface area contributed by atoms with E-state index in [-0.39, 0.29) is 0 Å². The Hall–Kier alpha value is -0.190. The SMILES string of the molecule is Oc1cc2ccc(S)c(CBr)c2s1. The Kier molecular flexibility index (Phi) is 2.53. The summed E-state index contributed by atoms with van der Waals surface area (Å²) >= 11 is 9.17. The molecule has 0 radical (unpaired) electrons. The first-order chi connectivity index (χ1) is 6.22. The molecule has 0 fully saturated rings. The molecule has 0 unspecified atom stereocenters. The molecule has 0 saturated heterocycles. The van der Waals surface area contributed by atoms with E-state index in [0.717, 1.165) is 25.9 Å². The zero-order valence-electron chi connectivity index (χ0n) is 6.62. The zero-order chi connectivity index (χ0) is 9.42. The fourth-order valence-corrected chi connectivity index (χ4v) is 3.54.